The molecule has 130 valence electrons. The first-order valence-electron chi connectivity index (χ1n) is 8.69. The Balaban J connectivity index is 2.08. The van der Waals surface area contributed by atoms with Crippen molar-refractivity contribution in [1.29, 1.82) is 5.26 Å². The van der Waals surface area contributed by atoms with Crippen molar-refractivity contribution in [3.05, 3.63) is 65.7 Å². The molecule has 4 heteroatoms. The molecule has 1 heterocycles. The Morgan fingerprint density at radius 2 is 1.65 bits per heavy atom. The molecule has 0 saturated carbocycles. The standard InChI is InChI=1S/C22H21N3O/c1-3-15-5-7-17(8-6-15)21-13-19(20(14-23)22(24)25-21)16-9-11-18(12-10-16)26-4-2/h5-13H,3-4H2,1-2H3,(H2,24,25). The minimum Gasteiger partial charge on any atom is -0.494 e. The molecular formula is C22H21N3O. The van der Waals surface area contributed by atoms with Crippen molar-refractivity contribution in [2.45, 2.75) is 20.3 Å². The Labute approximate surface area is 153 Å². The van der Waals surface area contributed by atoms with Gasteiger partial charge in [0, 0.05) is 11.1 Å². The third-order valence-corrected chi connectivity index (χ3v) is 4.29. The van der Waals surface area contributed by atoms with Crippen LogP contribution in [0.1, 0.15) is 25.0 Å². The third-order valence-electron chi connectivity index (χ3n) is 4.29. The second kappa shape index (κ2) is 7.71. The number of nitrogen functional groups attached to an aromatic ring is 1. The van der Waals surface area contributed by atoms with Crippen LogP contribution in [0.3, 0.4) is 0 Å². The minimum atomic E-state index is 0.244. The predicted molar refractivity (Wildman–Crippen MR) is 105 cm³/mol. The number of benzene rings is 2. The number of nitrogens with two attached hydrogens (primary N) is 1. The maximum atomic E-state index is 9.53. The van der Waals surface area contributed by atoms with Crippen molar-refractivity contribution in [3.8, 4) is 34.2 Å². The molecule has 0 bridgehead atoms. The number of hydrogen-bond donors (Lipinski definition) is 1. The van der Waals surface area contributed by atoms with E-state index in [0.717, 1.165) is 34.6 Å². The lowest BCUT2D eigenvalue weighted by Crippen LogP contribution is -2.00. The van der Waals surface area contributed by atoms with E-state index in [1.54, 1.807) is 0 Å². The van der Waals surface area contributed by atoms with Crippen LogP contribution < -0.4 is 10.5 Å². The highest BCUT2D eigenvalue weighted by molar-refractivity contribution is 5.80. The number of ether oxygens (including phenoxy) is 1. The lowest BCUT2D eigenvalue weighted by molar-refractivity contribution is 0.340. The van der Waals surface area contributed by atoms with Gasteiger partial charge in [-0.25, -0.2) is 4.98 Å². The number of rotatable bonds is 5. The Bertz CT molecular complexity index is 939. The molecule has 2 aromatic carbocycles. The number of pyridine rings is 1. The SMILES string of the molecule is CCOc1ccc(-c2cc(-c3ccc(CC)cc3)nc(N)c2C#N)cc1. The summed E-state index contributed by atoms with van der Waals surface area (Å²) >= 11 is 0. The monoisotopic (exact) mass is 343 g/mol. The van der Waals surface area contributed by atoms with Gasteiger partial charge in [0.1, 0.15) is 23.2 Å². The molecule has 4 nitrogen and oxygen atoms in total. The zero-order chi connectivity index (χ0) is 18.5. The smallest absolute Gasteiger partial charge is 0.142 e. The molecule has 0 fully saturated rings. The summed E-state index contributed by atoms with van der Waals surface area (Å²) < 4.78 is 5.49. The van der Waals surface area contributed by atoms with Crippen LogP contribution in [0, 0.1) is 11.3 Å². The maximum Gasteiger partial charge on any atom is 0.142 e. The number of nitrogens with zero attached hydrogens (tertiary/aromatic N) is 2. The van der Waals surface area contributed by atoms with E-state index in [9.17, 15) is 5.26 Å². The summed E-state index contributed by atoms with van der Waals surface area (Å²) in [6.45, 7) is 4.68. The molecule has 0 atom stereocenters. The Morgan fingerprint density at radius 1 is 1.00 bits per heavy atom. The van der Waals surface area contributed by atoms with Gasteiger partial charge in [-0.05, 0) is 42.7 Å². The van der Waals surface area contributed by atoms with E-state index in [1.807, 2.05) is 49.4 Å². The molecule has 0 spiro atoms. The molecule has 2 N–H and O–H groups in total. The van der Waals surface area contributed by atoms with Gasteiger partial charge in [0.15, 0.2) is 0 Å². The van der Waals surface area contributed by atoms with Gasteiger partial charge in [0.25, 0.3) is 0 Å². The highest BCUT2D eigenvalue weighted by Crippen LogP contribution is 2.32. The van der Waals surface area contributed by atoms with Crippen LogP contribution in [-0.2, 0) is 6.42 Å². The summed E-state index contributed by atoms with van der Waals surface area (Å²) in [5.74, 6) is 1.04. The van der Waals surface area contributed by atoms with E-state index in [1.165, 1.54) is 5.56 Å². The normalized spacial score (nSPS) is 10.3. The molecule has 3 aromatic rings. The molecule has 0 radical (unpaired) electrons. The van der Waals surface area contributed by atoms with Gasteiger partial charge >= 0.3 is 0 Å². The lowest BCUT2D eigenvalue weighted by Gasteiger charge is -2.11. The lowest BCUT2D eigenvalue weighted by atomic mass is 9.98. The summed E-state index contributed by atoms with van der Waals surface area (Å²) in [7, 11) is 0. The molecule has 0 aliphatic heterocycles. The first kappa shape index (κ1) is 17.5. The van der Waals surface area contributed by atoms with E-state index in [-0.39, 0.29) is 5.82 Å². The van der Waals surface area contributed by atoms with Crippen LogP contribution in [-0.4, -0.2) is 11.6 Å². The van der Waals surface area contributed by atoms with Crippen LogP contribution in [0.15, 0.2) is 54.6 Å². The summed E-state index contributed by atoms with van der Waals surface area (Å²) in [5, 5.41) is 9.53. The van der Waals surface area contributed by atoms with Crippen molar-refractivity contribution in [2.24, 2.45) is 0 Å². The van der Waals surface area contributed by atoms with Crippen LogP contribution in [0.2, 0.25) is 0 Å². The molecule has 0 aliphatic carbocycles. The fourth-order valence-electron chi connectivity index (χ4n) is 2.87. The summed E-state index contributed by atoms with van der Waals surface area (Å²) in [5.41, 5.74) is 11.2. The van der Waals surface area contributed by atoms with Crippen molar-refractivity contribution in [2.75, 3.05) is 12.3 Å². The molecule has 0 amide bonds. The van der Waals surface area contributed by atoms with E-state index in [0.29, 0.717) is 12.2 Å². The molecule has 26 heavy (non-hydrogen) atoms. The van der Waals surface area contributed by atoms with Crippen molar-refractivity contribution >= 4 is 5.82 Å². The Hall–Kier alpha value is -3.32. The maximum absolute atomic E-state index is 9.53. The average molecular weight is 343 g/mol. The first-order valence-corrected chi connectivity index (χ1v) is 8.69. The quantitative estimate of drug-likeness (QED) is 0.720. The largest absolute Gasteiger partial charge is 0.494 e. The molecular weight excluding hydrogens is 322 g/mol. The van der Waals surface area contributed by atoms with Crippen LogP contribution >= 0.6 is 0 Å². The van der Waals surface area contributed by atoms with Crippen molar-refractivity contribution in [1.82, 2.24) is 4.98 Å². The number of anilines is 1. The zero-order valence-electron chi connectivity index (χ0n) is 15.0. The second-order valence-corrected chi connectivity index (χ2v) is 5.93. The van der Waals surface area contributed by atoms with Gasteiger partial charge in [0.05, 0.1) is 12.3 Å². The third kappa shape index (κ3) is 3.52. The zero-order valence-corrected chi connectivity index (χ0v) is 15.0. The van der Waals surface area contributed by atoms with Gasteiger partial charge < -0.3 is 10.5 Å². The predicted octanol–water partition coefficient (Wildman–Crippen LogP) is 4.83. The second-order valence-electron chi connectivity index (χ2n) is 5.93. The average Bonchev–Trinajstić information content (AvgIpc) is 2.68. The number of hydrogen-bond acceptors (Lipinski definition) is 4. The minimum absolute atomic E-state index is 0.244. The van der Waals surface area contributed by atoms with Crippen LogP contribution in [0.25, 0.3) is 22.4 Å². The van der Waals surface area contributed by atoms with Gasteiger partial charge in [-0.2, -0.15) is 5.26 Å². The summed E-state index contributed by atoms with van der Waals surface area (Å²) in [6, 6.07) is 20.0. The summed E-state index contributed by atoms with van der Waals surface area (Å²) in [4.78, 5) is 4.43. The molecule has 3 rings (SSSR count). The van der Waals surface area contributed by atoms with E-state index >= 15 is 0 Å². The molecule has 0 aliphatic rings. The van der Waals surface area contributed by atoms with Crippen molar-refractivity contribution < 1.29 is 4.74 Å². The molecule has 0 unspecified atom stereocenters. The van der Waals surface area contributed by atoms with Gasteiger partial charge in [-0.15, -0.1) is 0 Å². The highest BCUT2D eigenvalue weighted by Gasteiger charge is 2.13. The highest BCUT2D eigenvalue weighted by atomic mass is 16.5. The fraction of sp³-hybridized carbons (Fsp3) is 0.182. The van der Waals surface area contributed by atoms with Gasteiger partial charge in [0.2, 0.25) is 0 Å². The first-order chi connectivity index (χ1) is 12.7. The number of aromatic nitrogens is 1. The van der Waals surface area contributed by atoms with E-state index in [2.05, 4.69) is 30.1 Å². The topological polar surface area (TPSA) is 71.9 Å². The Kier molecular flexibility index (Phi) is 5.19. The van der Waals surface area contributed by atoms with Crippen LogP contribution in [0.5, 0.6) is 5.75 Å². The number of nitriles is 1. The fourth-order valence-corrected chi connectivity index (χ4v) is 2.87. The summed E-state index contributed by atoms with van der Waals surface area (Å²) in [6.07, 6.45) is 0.987. The Morgan fingerprint density at radius 3 is 2.23 bits per heavy atom. The van der Waals surface area contributed by atoms with Crippen molar-refractivity contribution in [3.63, 3.8) is 0 Å². The molecule has 0 saturated heterocycles. The van der Waals surface area contributed by atoms with E-state index < -0.39 is 0 Å². The van der Waals surface area contributed by atoms with E-state index in [4.69, 9.17) is 10.5 Å². The van der Waals surface area contributed by atoms with Gasteiger partial charge in [-0.3, -0.25) is 0 Å². The molecule has 1 aromatic heterocycles. The van der Waals surface area contributed by atoms with Crippen LogP contribution in [0.4, 0.5) is 5.82 Å². The van der Waals surface area contributed by atoms with Gasteiger partial charge in [-0.1, -0.05) is 43.3 Å². The number of aryl methyl sites for hydroxylation is 1.